The lowest BCUT2D eigenvalue weighted by atomic mass is 9.89. The fraction of sp³-hybridized carbons (Fsp3) is 0.523. The highest BCUT2D eigenvalue weighted by molar-refractivity contribution is 6.06. The third-order valence-corrected chi connectivity index (χ3v) is 10.2. The Kier molecular flexibility index (Phi) is 17.4. The number of imidazole rings is 1. The summed E-state index contributed by atoms with van der Waals surface area (Å²) in [5.41, 5.74) is 14.3. The highest BCUT2D eigenvalue weighted by atomic mass is 16.6. The van der Waals surface area contributed by atoms with Crippen LogP contribution < -0.4 is 22.1 Å². The van der Waals surface area contributed by atoms with Gasteiger partial charge in [-0.15, -0.1) is 0 Å². The van der Waals surface area contributed by atoms with E-state index >= 15 is 0 Å². The van der Waals surface area contributed by atoms with Crippen LogP contribution in [0.15, 0.2) is 48.5 Å². The number of nitrogen functional groups attached to an aromatic ring is 1. The molecule has 0 bridgehead atoms. The number of nitrogens with zero attached hydrogens (tertiary/aromatic N) is 5. The predicted octanol–water partition coefficient (Wildman–Crippen LogP) is 5.62. The molecule has 17 heteroatoms. The average molecular weight is 846 g/mol. The van der Waals surface area contributed by atoms with Crippen LogP contribution in [0.1, 0.15) is 78.6 Å². The van der Waals surface area contributed by atoms with Gasteiger partial charge in [-0.3, -0.25) is 14.4 Å². The summed E-state index contributed by atoms with van der Waals surface area (Å²) in [4.78, 5) is 76.5. The van der Waals surface area contributed by atoms with Crippen LogP contribution in [-0.4, -0.2) is 106 Å². The van der Waals surface area contributed by atoms with Crippen molar-refractivity contribution in [1.29, 1.82) is 0 Å². The van der Waals surface area contributed by atoms with Crippen molar-refractivity contribution in [3.05, 3.63) is 59.9 Å². The molecule has 0 fully saturated rings. The Hall–Kier alpha value is -5.81. The van der Waals surface area contributed by atoms with Crippen LogP contribution in [0.3, 0.4) is 0 Å². The Balaban J connectivity index is 1.29. The number of amides is 4. The molecule has 0 aliphatic heterocycles. The molecule has 2 aromatic heterocycles. The highest BCUT2D eigenvalue weighted by Gasteiger charge is 2.31. The molecule has 0 saturated carbocycles. The number of benzene rings is 2. The van der Waals surface area contributed by atoms with Gasteiger partial charge in [-0.25, -0.2) is 19.6 Å². The minimum Gasteiger partial charge on any atom is -0.445 e. The first-order valence-corrected chi connectivity index (χ1v) is 20.8. The van der Waals surface area contributed by atoms with Crippen molar-refractivity contribution in [1.82, 2.24) is 29.7 Å². The van der Waals surface area contributed by atoms with Crippen LogP contribution in [0.25, 0.3) is 21.9 Å². The lowest BCUT2D eigenvalue weighted by Crippen LogP contribution is -2.44. The van der Waals surface area contributed by atoms with Gasteiger partial charge in [0.25, 0.3) is 0 Å². The third-order valence-electron chi connectivity index (χ3n) is 10.2. The van der Waals surface area contributed by atoms with Gasteiger partial charge in [-0.05, 0) is 69.8 Å². The van der Waals surface area contributed by atoms with Crippen molar-refractivity contribution in [2.24, 2.45) is 17.6 Å². The van der Waals surface area contributed by atoms with Gasteiger partial charge in [0.2, 0.25) is 11.8 Å². The number of likely N-dealkylation sites (N-methyl/N-ethyl adjacent to an activating group) is 2. The van der Waals surface area contributed by atoms with Crippen molar-refractivity contribution in [2.45, 2.75) is 98.6 Å². The van der Waals surface area contributed by atoms with Gasteiger partial charge >= 0.3 is 12.2 Å². The summed E-state index contributed by atoms with van der Waals surface area (Å²) < 4.78 is 19.2. The molecule has 6 N–H and O–H groups in total. The number of carbonyl (C=O) groups excluding carboxylic acids is 5. The maximum Gasteiger partial charge on any atom is 0.410 e. The van der Waals surface area contributed by atoms with E-state index in [9.17, 15) is 24.0 Å². The largest absolute Gasteiger partial charge is 0.445 e. The number of pyridine rings is 1. The van der Waals surface area contributed by atoms with Gasteiger partial charge in [0.1, 0.15) is 30.2 Å². The van der Waals surface area contributed by atoms with Gasteiger partial charge in [0, 0.05) is 64.1 Å². The number of unbranched alkanes of at least 4 members (excludes halogenated alkanes) is 1. The monoisotopic (exact) mass is 845 g/mol. The average Bonchev–Trinajstić information content (AvgIpc) is 3.57. The maximum absolute atomic E-state index is 13.3. The van der Waals surface area contributed by atoms with Crippen LogP contribution in [-0.2, 0) is 48.4 Å². The molecule has 4 amide bonds. The number of Topliss-reactive ketones (excluding diaryl/α,β-unsaturated/α-hetero) is 1. The second kappa shape index (κ2) is 22.2. The summed E-state index contributed by atoms with van der Waals surface area (Å²) in [5.74, 6) is -0.596. The number of anilines is 2. The Morgan fingerprint density at radius 1 is 0.918 bits per heavy atom. The topological polar surface area (TPSA) is 226 Å². The zero-order chi connectivity index (χ0) is 44.9. The summed E-state index contributed by atoms with van der Waals surface area (Å²) >= 11 is 0. The molecule has 2 heterocycles. The molecule has 61 heavy (non-hydrogen) atoms. The van der Waals surface area contributed by atoms with E-state index in [4.69, 9.17) is 30.7 Å². The number of aromatic nitrogens is 3. The molecule has 332 valence electrons. The number of hydrogen-bond acceptors (Lipinski definition) is 12. The molecule has 0 saturated heterocycles. The normalized spacial score (nSPS) is 12.6. The van der Waals surface area contributed by atoms with Crippen molar-refractivity contribution < 1.29 is 38.2 Å². The molecule has 17 nitrogen and oxygen atoms in total. The Morgan fingerprint density at radius 2 is 1.59 bits per heavy atom. The van der Waals surface area contributed by atoms with Gasteiger partial charge < -0.3 is 50.7 Å². The van der Waals surface area contributed by atoms with Crippen molar-refractivity contribution in [3.63, 3.8) is 0 Å². The number of rotatable bonds is 22. The van der Waals surface area contributed by atoms with E-state index in [2.05, 4.69) is 15.6 Å². The predicted molar refractivity (Wildman–Crippen MR) is 234 cm³/mol. The molecule has 0 unspecified atom stereocenters. The number of hydrogen-bond donors (Lipinski definition) is 4. The van der Waals surface area contributed by atoms with Crippen LogP contribution in [0.5, 0.6) is 0 Å². The van der Waals surface area contributed by atoms with Gasteiger partial charge in [-0.2, -0.15) is 0 Å². The fourth-order valence-electron chi connectivity index (χ4n) is 6.84. The Labute approximate surface area is 357 Å². The smallest absolute Gasteiger partial charge is 0.410 e. The third kappa shape index (κ3) is 13.6. The number of fused-ring (bicyclic) bond motifs is 3. The Morgan fingerprint density at radius 3 is 2.23 bits per heavy atom. The molecular weight excluding hydrogens is 783 g/mol. The number of nitrogens with one attached hydrogen (secondary N) is 2. The molecule has 2 aromatic carbocycles. The zero-order valence-electron chi connectivity index (χ0n) is 36.8. The first kappa shape index (κ1) is 47.9. The van der Waals surface area contributed by atoms with E-state index in [-0.39, 0.29) is 62.8 Å². The van der Waals surface area contributed by atoms with Crippen molar-refractivity contribution >= 4 is 63.2 Å². The second-order valence-electron chi connectivity index (χ2n) is 16.2. The number of ether oxygens (including phenoxy) is 3. The summed E-state index contributed by atoms with van der Waals surface area (Å²) in [6.07, 6.45) is 0.708. The molecular formula is C44H63N9O8. The van der Waals surface area contributed by atoms with E-state index in [0.717, 1.165) is 22.8 Å². The lowest BCUT2D eigenvalue weighted by molar-refractivity contribution is -0.130. The first-order valence-electron chi connectivity index (χ1n) is 20.8. The molecule has 2 atom stereocenters. The van der Waals surface area contributed by atoms with Crippen molar-refractivity contribution in [2.75, 3.05) is 51.4 Å². The molecule has 4 aromatic rings. The number of nitrogens with two attached hydrogens (primary N) is 2. The van der Waals surface area contributed by atoms with Crippen LogP contribution in [0, 0.1) is 11.8 Å². The lowest BCUT2D eigenvalue weighted by Gasteiger charge is -2.30. The zero-order valence-corrected chi connectivity index (χ0v) is 36.8. The van der Waals surface area contributed by atoms with Gasteiger partial charge in [0.05, 0.1) is 23.6 Å². The van der Waals surface area contributed by atoms with Gasteiger partial charge in [0.15, 0.2) is 11.6 Å². The van der Waals surface area contributed by atoms with E-state index in [1.54, 1.807) is 38.4 Å². The summed E-state index contributed by atoms with van der Waals surface area (Å²) in [7, 11) is 3.17. The van der Waals surface area contributed by atoms with E-state index in [1.165, 1.54) is 16.7 Å². The SMILES string of the molecule is CCOCc1nc2c(N)nc3ccccc3c2n1CC(C)(C)OC(=O)N(C)CCN(C)C(=O)OCc1ccc(NC(=O)[C@H](CCCCN)CC(=O)[C@@H](NC(C)=O)C(C)C)cc1. The minimum absolute atomic E-state index is 0.0115. The summed E-state index contributed by atoms with van der Waals surface area (Å²) in [5, 5.41) is 6.47. The quantitative estimate of drug-likeness (QED) is 0.0707. The Bertz CT molecular complexity index is 2140. The minimum atomic E-state index is -0.987. The van der Waals surface area contributed by atoms with E-state index < -0.39 is 29.7 Å². The summed E-state index contributed by atoms with van der Waals surface area (Å²) in [6, 6.07) is 13.8. The molecule has 4 rings (SSSR count). The van der Waals surface area contributed by atoms with Crippen LogP contribution in [0.2, 0.25) is 0 Å². The van der Waals surface area contributed by atoms with E-state index in [1.807, 2.05) is 63.5 Å². The molecule has 0 aliphatic carbocycles. The summed E-state index contributed by atoms with van der Waals surface area (Å²) in [6.45, 7) is 12.4. The van der Waals surface area contributed by atoms with Gasteiger partial charge in [-0.1, -0.05) is 50.6 Å². The number of para-hydroxylation sites is 1. The van der Waals surface area contributed by atoms with Crippen LogP contribution in [0.4, 0.5) is 21.1 Å². The molecule has 0 aliphatic rings. The number of ketones is 1. The van der Waals surface area contributed by atoms with Crippen molar-refractivity contribution in [3.8, 4) is 0 Å². The second-order valence-corrected chi connectivity index (χ2v) is 16.2. The highest BCUT2D eigenvalue weighted by Crippen LogP contribution is 2.31. The maximum atomic E-state index is 13.3. The fourth-order valence-corrected chi connectivity index (χ4v) is 6.84. The molecule has 0 radical (unpaired) electrons. The van der Waals surface area contributed by atoms with Crippen LogP contribution >= 0.6 is 0 Å². The number of carbonyl (C=O) groups is 5. The standard InChI is InChI=1S/C44H63N9O8/c1-9-59-26-36-50-38-39(33-15-10-11-16-34(33)49-40(38)46)53(36)27-44(5,6)61-43(58)52(8)23-22-51(7)42(57)60-25-30-17-19-32(20-18-30)48-41(56)31(14-12-13-21-45)24-35(55)37(28(2)3)47-29(4)54/h10-11,15-20,28,31,37H,9,12-14,21-27,45H2,1-8H3,(H2,46,49)(H,47,54)(H,48,56)/t31-,37+/m1/s1. The molecule has 0 spiro atoms. The van der Waals surface area contributed by atoms with E-state index in [0.29, 0.717) is 54.4 Å². The first-order chi connectivity index (χ1) is 28.9.